The Morgan fingerprint density at radius 1 is 1.16 bits per heavy atom. The van der Waals surface area contributed by atoms with Crippen LogP contribution >= 0.6 is 0 Å². The number of rotatable bonds is 5. The Kier molecular flexibility index (Phi) is 5.07. The topological polar surface area (TPSA) is 61.4 Å². The average Bonchev–Trinajstić information content (AvgIpc) is 2.92. The number of hydrogen-bond donors (Lipinski definition) is 3. The van der Waals surface area contributed by atoms with Crippen LogP contribution in [0.2, 0.25) is 0 Å². The Balaban J connectivity index is 1.59. The third-order valence-electron chi connectivity index (χ3n) is 3.66. The summed E-state index contributed by atoms with van der Waals surface area (Å²) < 4.78 is 0. The first-order valence-corrected chi connectivity index (χ1v) is 7.03. The lowest BCUT2D eigenvalue weighted by Crippen LogP contribution is -2.38. The zero-order valence-corrected chi connectivity index (χ0v) is 11.2. The molecule has 2 rings (SSSR count). The van der Waals surface area contributed by atoms with Crippen LogP contribution in [0.5, 0.6) is 5.75 Å². The Hall–Kier alpha value is -1.71. The zero-order chi connectivity index (χ0) is 13.5. The molecule has 0 atom stereocenters. The standard InChI is InChI=1S/C15H22N2O2/c18-14-7-5-12(6-8-14)9-10-16-15(19)17-11-13-3-1-2-4-13/h5-8,13,18H,1-4,9-11H2,(H2,16,17,19). The van der Waals surface area contributed by atoms with Gasteiger partial charge in [0, 0.05) is 13.1 Å². The molecule has 0 aliphatic heterocycles. The first-order valence-electron chi connectivity index (χ1n) is 7.03. The predicted molar refractivity (Wildman–Crippen MR) is 75.2 cm³/mol. The molecular formula is C15H22N2O2. The van der Waals surface area contributed by atoms with Crippen molar-refractivity contribution in [1.29, 1.82) is 0 Å². The summed E-state index contributed by atoms with van der Waals surface area (Å²) in [6.07, 6.45) is 5.86. The molecule has 0 aromatic heterocycles. The molecule has 1 aromatic carbocycles. The Bertz CT molecular complexity index is 397. The normalized spacial score (nSPS) is 15.4. The third-order valence-corrected chi connectivity index (χ3v) is 3.66. The van der Waals surface area contributed by atoms with Crippen molar-refractivity contribution in [3.8, 4) is 5.75 Å². The highest BCUT2D eigenvalue weighted by atomic mass is 16.3. The van der Waals surface area contributed by atoms with Crippen LogP contribution in [0.4, 0.5) is 4.79 Å². The summed E-state index contributed by atoms with van der Waals surface area (Å²) in [5, 5.41) is 15.0. The first-order chi connectivity index (χ1) is 9.24. The van der Waals surface area contributed by atoms with Gasteiger partial charge in [0.2, 0.25) is 0 Å². The van der Waals surface area contributed by atoms with Crippen molar-refractivity contribution < 1.29 is 9.90 Å². The number of phenolic OH excluding ortho intramolecular Hbond substituents is 1. The molecule has 1 saturated carbocycles. The van der Waals surface area contributed by atoms with Crippen LogP contribution in [-0.4, -0.2) is 24.2 Å². The Labute approximate surface area is 114 Å². The predicted octanol–water partition coefficient (Wildman–Crippen LogP) is 2.42. The van der Waals surface area contributed by atoms with Gasteiger partial charge in [0.25, 0.3) is 0 Å². The molecule has 1 aliphatic rings. The zero-order valence-electron chi connectivity index (χ0n) is 11.2. The minimum Gasteiger partial charge on any atom is -0.508 e. The fourth-order valence-electron chi connectivity index (χ4n) is 2.50. The quantitative estimate of drug-likeness (QED) is 0.763. The van der Waals surface area contributed by atoms with E-state index in [1.807, 2.05) is 12.1 Å². The lowest BCUT2D eigenvalue weighted by Gasteiger charge is -2.11. The van der Waals surface area contributed by atoms with Gasteiger partial charge in [-0.05, 0) is 42.9 Å². The van der Waals surface area contributed by atoms with E-state index in [1.54, 1.807) is 12.1 Å². The fraction of sp³-hybridized carbons (Fsp3) is 0.533. The van der Waals surface area contributed by atoms with E-state index < -0.39 is 0 Å². The number of hydrogen-bond acceptors (Lipinski definition) is 2. The van der Waals surface area contributed by atoms with E-state index in [9.17, 15) is 4.79 Å². The molecule has 4 heteroatoms. The third kappa shape index (κ3) is 4.81. The van der Waals surface area contributed by atoms with Crippen molar-refractivity contribution in [2.24, 2.45) is 5.92 Å². The lowest BCUT2D eigenvalue weighted by molar-refractivity contribution is 0.239. The molecule has 0 unspecified atom stereocenters. The van der Waals surface area contributed by atoms with Gasteiger partial charge in [-0.15, -0.1) is 0 Å². The van der Waals surface area contributed by atoms with E-state index in [0.717, 1.165) is 18.5 Å². The highest BCUT2D eigenvalue weighted by Gasteiger charge is 2.15. The molecule has 0 saturated heterocycles. The van der Waals surface area contributed by atoms with E-state index in [2.05, 4.69) is 10.6 Å². The molecule has 3 N–H and O–H groups in total. The van der Waals surface area contributed by atoms with Crippen molar-refractivity contribution in [1.82, 2.24) is 10.6 Å². The molecule has 0 heterocycles. The number of phenols is 1. The molecule has 0 radical (unpaired) electrons. The molecule has 0 bridgehead atoms. The highest BCUT2D eigenvalue weighted by Crippen LogP contribution is 2.23. The summed E-state index contributed by atoms with van der Waals surface area (Å²) in [4.78, 5) is 11.6. The molecule has 2 amide bonds. The lowest BCUT2D eigenvalue weighted by atomic mass is 10.1. The van der Waals surface area contributed by atoms with Crippen molar-refractivity contribution in [2.45, 2.75) is 32.1 Å². The molecule has 1 fully saturated rings. The molecule has 19 heavy (non-hydrogen) atoms. The maximum atomic E-state index is 11.6. The summed E-state index contributed by atoms with van der Waals surface area (Å²) in [5.74, 6) is 0.939. The van der Waals surface area contributed by atoms with Crippen LogP contribution in [0.25, 0.3) is 0 Å². The number of benzene rings is 1. The first kappa shape index (κ1) is 13.7. The van der Waals surface area contributed by atoms with Crippen LogP contribution < -0.4 is 10.6 Å². The Morgan fingerprint density at radius 2 is 1.84 bits per heavy atom. The Morgan fingerprint density at radius 3 is 2.53 bits per heavy atom. The summed E-state index contributed by atoms with van der Waals surface area (Å²) in [6.45, 7) is 1.41. The van der Waals surface area contributed by atoms with Gasteiger partial charge in [-0.25, -0.2) is 4.79 Å². The van der Waals surface area contributed by atoms with Crippen LogP contribution in [0.3, 0.4) is 0 Å². The number of aromatic hydroxyl groups is 1. The second kappa shape index (κ2) is 7.02. The molecule has 0 spiro atoms. The van der Waals surface area contributed by atoms with Gasteiger partial charge in [-0.2, -0.15) is 0 Å². The SMILES string of the molecule is O=C(NCCc1ccc(O)cc1)NCC1CCCC1. The van der Waals surface area contributed by atoms with Crippen molar-refractivity contribution in [2.75, 3.05) is 13.1 Å². The number of urea groups is 1. The van der Waals surface area contributed by atoms with Crippen LogP contribution in [0.1, 0.15) is 31.2 Å². The van der Waals surface area contributed by atoms with Crippen LogP contribution in [0, 0.1) is 5.92 Å². The molecule has 104 valence electrons. The van der Waals surface area contributed by atoms with E-state index >= 15 is 0 Å². The van der Waals surface area contributed by atoms with Gasteiger partial charge in [-0.1, -0.05) is 25.0 Å². The molecule has 1 aromatic rings. The van der Waals surface area contributed by atoms with E-state index in [1.165, 1.54) is 25.7 Å². The number of nitrogens with one attached hydrogen (secondary N) is 2. The van der Waals surface area contributed by atoms with Gasteiger partial charge >= 0.3 is 6.03 Å². The van der Waals surface area contributed by atoms with Crippen LogP contribution in [-0.2, 0) is 6.42 Å². The largest absolute Gasteiger partial charge is 0.508 e. The van der Waals surface area contributed by atoms with E-state index in [-0.39, 0.29) is 11.8 Å². The maximum Gasteiger partial charge on any atom is 0.314 e. The van der Waals surface area contributed by atoms with Gasteiger partial charge < -0.3 is 15.7 Å². The minimum absolute atomic E-state index is 0.0781. The smallest absolute Gasteiger partial charge is 0.314 e. The number of carbonyl (C=O) groups is 1. The monoisotopic (exact) mass is 262 g/mol. The van der Waals surface area contributed by atoms with Gasteiger partial charge in [0.1, 0.15) is 5.75 Å². The van der Waals surface area contributed by atoms with E-state index in [4.69, 9.17) is 5.11 Å². The average molecular weight is 262 g/mol. The van der Waals surface area contributed by atoms with Gasteiger partial charge in [0.15, 0.2) is 0 Å². The molecular weight excluding hydrogens is 240 g/mol. The second-order valence-electron chi connectivity index (χ2n) is 5.20. The van der Waals surface area contributed by atoms with Gasteiger partial charge in [0.05, 0.1) is 0 Å². The van der Waals surface area contributed by atoms with Crippen LogP contribution in [0.15, 0.2) is 24.3 Å². The second-order valence-corrected chi connectivity index (χ2v) is 5.20. The van der Waals surface area contributed by atoms with Crippen molar-refractivity contribution >= 4 is 6.03 Å². The summed E-state index contributed by atoms with van der Waals surface area (Å²) in [5.41, 5.74) is 1.11. The highest BCUT2D eigenvalue weighted by molar-refractivity contribution is 5.73. The number of carbonyl (C=O) groups excluding carboxylic acids is 1. The summed E-state index contributed by atoms with van der Waals surface area (Å²) >= 11 is 0. The summed E-state index contributed by atoms with van der Waals surface area (Å²) in [7, 11) is 0. The fourth-order valence-corrected chi connectivity index (χ4v) is 2.50. The van der Waals surface area contributed by atoms with E-state index in [0.29, 0.717) is 12.5 Å². The number of amides is 2. The maximum absolute atomic E-state index is 11.6. The molecule has 4 nitrogen and oxygen atoms in total. The minimum atomic E-state index is -0.0781. The van der Waals surface area contributed by atoms with Crippen molar-refractivity contribution in [3.05, 3.63) is 29.8 Å². The van der Waals surface area contributed by atoms with Gasteiger partial charge in [-0.3, -0.25) is 0 Å². The molecule has 1 aliphatic carbocycles. The van der Waals surface area contributed by atoms with Crippen molar-refractivity contribution in [3.63, 3.8) is 0 Å². The summed E-state index contributed by atoms with van der Waals surface area (Å²) in [6, 6.07) is 6.98.